The van der Waals surface area contributed by atoms with Gasteiger partial charge in [0, 0.05) is 44.1 Å². The molecule has 1 amide bonds. The molecule has 5 nitrogen and oxygen atoms in total. The number of pyridine rings is 1. The van der Waals surface area contributed by atoms with Gasteiger partial charge in [0.25, 0.3) is 5.91 Å². The zero-order valence-electron chi connectivity index (χ0n) is 11.3. The molecule has 108 valence electrons. The smallest absolute Gasteiger partial charge is 0.254 e. The fourth-order valence-corrected chi connectivity index (χ4v) is 2.32. The quantitative estimate of drug-likeness (QED) is 0.803. The maximum atomic E-state index is 12.5. The molecule has 1 unspecified atom stereocenters. The summed E-state index contributed by atoms with van der Waals surface area (Å²) in [5.41, 5.74) is 6.17. The van der Waals surface area contributed by atoms with Crippen LogP contribution in [0.15, 0.2) is 24.5 Å². The molecular formula is C14H19N3O2S. The van der Waals surface area contributed by atoms with E-state index >= 15 is 0 Å². The van der Waals surface area contributed by atoms with Crippen LogP contribution in [0.3, 0.4) is 0 Å². The number of nitrogens with two attached hydrogens (primary N) is 1. The molecule has 1 aliphatic rings. The van der Waals surface area contributed by atoms with E-state index in [0.717, 1.165) is 19.4 Å². The number of ether oxygens (including phenoxy) is 1. The lowest BCUT2D eigenvalue weighted by atomic mass is 10.2. The molecule has 1 aromatic heterocycles. The van der Waals surface area contributed by atoms with Crippen LogP contribution in [0.25, 0.3) is 0 Å². The Morgan fingerprint density at radius 3 is 2.85 bits per heavy atom. The summed E-state index contributed by atoms with van der Waals surface area (Å²) in [5.74, 6) is -0.0286. The molecule has 0 saturated carbocycles. The van der Waals surface area contributed by atoms with E-state index in [9.17, 15) is 4.79 Å². The molecule has 2 N–H and O–H groups in total. The van der Waals surface area contributed by atoms with Crippen molar-refractivity contribution < 1.29 is 9.53 Å². The van der Waals surface area contributed by atoms with Gasteiger partial charge in [-0.25, -0.2) is 0 Å². The highest BCUT2D eigenvalue weighted by Crippen LogP contribution is 2.15. The summed E-state index contributed by atoms with van der Waals surface area (Å²) in [7, 11) is 0. The number of carbonyl (C=O) groups is 1. The number of thiocarbonyl (C=S) groups is 1. The van der Waals surface area contributed by atoms with E-state index in [0.29, 0.717) is 30.1 Å². The van der Waals surface area contributed by atoms with Crippen LogP contribution >= 0.6 is 12.2 Å². The van der Waals surface area contributed by atoms with Crippen LogP contribution in [-0.2, 0) is 4.74 Å². The second-order valence-corrected chi connectivity index (χ2v) is 5.36. The summed E-state index contributed by atoms with van der Waals surface area (Å²) in [5, 5.41) is 0. The van der Waals surface area contributed by atoms with Gasteiger partial charge in [-0.2, -0.15) is 0 Å². The van der Waals surface area contributed by atoms with Crippen LogP contribution in [0.1, 0.15) is 29.6 Å². The molecule has 1 aliphatic heterocycles. The number of aromatic nitrogens is 1. The topological polar surface area (TPSA) is 68.4 Å². The van der Waals surface area contributed by atoms with E-state index < -0.39 is 0 Å². The third kappa shape index (κ3) is 4.25. The van der Waals surface area contributed by atoms with Crippen molar-refractivity contribution in [3.63, 3.8) is 0 Å². The van der Waals surface area contributed by atoms with Gasteiger partial charge in [0.1, 0.15) is 0 Å². The number of carbonyl (C=O) groups excluding carboxylic acids is 1. The summed E-state index contributed by atoms with van der Waals surface area (Å²) in [4.78, 5) is 18.6. The molecule has 0 bridgehead atoms. The minimum Gasteiger partial charge on any atom is -0.393 e. The Morgan fingerprint density at radius 1 is 1.50 bits per heavy atom. The third-order valence-electron chi connectivity index (χ3n) is 3.29. The van der Waals surface area contributed by atoms with E-state index in [1.54, 1.807) is 29.4 Å². The van der Waals surface area contributed by atoms with Crippen molar-refractivity contribution in [3.05, 3.63) is 30.1 Å². The van der Waals surface area contributed by atoms with E-state index in [1.165, 1.54) is 0 Å². The van der Waals surface area contributed by atoms with Gasteiger partial charge in [-0.05, 0) is 25.0 Å². The molecule has 1 aromatic rings. The third-order valence-corrected chi connectivity index (χ3v) is 3.49. The van der Waals surface area contributed by atoms with Gasteiger partial charge in [-0.15, -0.1) is 0 Å². The number of amides is 1. The summed E-state index contributed by atoms with van der Waals surface area (Å²) in [6, 6.07) is 3.43. The molecule has 1 atom stereocenters. The molecule has 0 aromatic carbocycles. The van der Waals surface area contributed by atoms with Gasteiger partial charge >= 0.3 is 0 Å². The summed E-state index contributed by atoms with van der Waals surface area (Å²) in [6.07, 6.45) is 5.92. The van der Waals surface area contributed by atoms with Gasteiger partial charge < -0.3 is 15.4 Å². The highest BCUT2D eigenvalue weighted by atomic mass is 32.1. The van der Waals surface area contributed by atoms with Crippen molar-refractivity contribution in [2.45, 2.75) is 25.4 Å². The molecule has 0 spiro atoms. The van der Waals surface area contributed by atoms with Crippen molar-refractivity contribution in [1.29, 1.82) is 0 Å². The van der Waals surface area contributed by atoms with Gasteiger partial charge in [-0.1, -0.05) is 12.2 Å². The summed E-state index contributed by atoms with van der Waals surface area (Å²) < 4.78 is 5.61. The number of hydrogen-bond acceptors (Lipinski definition) is 4. The van der Waals surface area contributed by atoms with Crippen molar-refractivity contribution in [1.82, 2.24) is 9.88 Å². The SMILES string of the molecule is NC(=S)CCN(CC1CCCO1)C(=O)c1ccncc1. The Kier molecular flexibility index (Phi) is 5.43. The Bertz CT molecular complexity index is 461. The van der Waals surface area contributed by atoms with Gasteiger partial charge in [0.05, 0.1) is 11.1 Å². The molecule has 2 rings (SSSR count). The molecule has 0 radical (unpaired) electrons. The largest absolute Gasteiger partial charge is 0.393 e. The zero-order chi connectivity index (χ0) is 14.4. The molecule has 20 heavy (non-hydrogen) atoms. The lowest BCUT2D eigenvalue weighted by Gasteiger charge is -2.25. The number of rotatable bonds is 6. The first-order chi connectivity index (χ1) is 9.66. The first-order valence-corrected chi connectivity index (χ1v) is 7.17. The average molecular weight is 293 g/mol. The summed E-state index contributed by atoms with van der Waals surface area (Å²) in [6.45, 7) is 1.89. The lowest BCUT2D eigenvalue weighted by molar-refractivity contribution is 0.0533. The second kappa shape index (κ2) is 7.31. The average Bonchev–Trinajstić information content (AvgIpc) is 2.96. The molecule has 1 saturated heterocycles. The fraction of sp³-hybridized carbons (Fsp3) is 0.500. The maximum absolute atomic E-state index is 12.5. The van der Waals surface area contributed by atoms with Crippen LogP contribution in [0.5, 0.6) is 0 Å². The predicted octanol–water partition coefficient (Wildman–Crippen LogP) is 1.38. The predicted molar refractivity (Wildman–Crippen MR) is 80.5 cm³/mol. The molecular weight excluding hydrogens is 274 g/mol. The second-order valence-electron chi connectivity index (χ2n) is 4.84. The Balaban J connectivity index is 2.03. The Hall–Kier alpha value is -1.53. The minimum absolute atomic E-state index is 0.0286. The molecule has 1 fully saturated rings. The van der Waals surface area contributed by atoms with Crippen molar-refractivity contribution in [2.75, 3.05) is 19.7 Å². The van der Waals surface area contributed by atoms with Crippen LogP contribution in [0.2, 0.25) is 0 Å². The van der Waals surface area contributed by atoms with E-state index in [-0.39, 0.29) is 12.0 Å². The Labute approximate surface area is 124 Å². The van der Waals surface area contributed by atoms with Crippen molar-refractivity contribution in [2.24, 2.45) is 5.73 Å². The normalized spacial score (nSPS) is 17.9. The van der Waals surface area contributed by atoms with Gasteiger partial charge in [0.2, 0.25) is 0 Å². The Morgan fingerprint density at radius 2 is 2.25 bits per heavy atom. The summed E-state index contributed by atoms with van der Waals surface area (Å²) >= 11 is 4.90. The van der Waals surface area contributed by atoms with Crippen LogP contribution in [0.4, 0.5) is 0 Å². The lowest BCUT2D eigenvalue weighted by Crippen LogP contribution is -2.39. The first kappa shape index (κ1) is 14.9. The highest BCUT2D eigenvalue weighted by molar-refractivity contribution is 7.80. The number of nitrogens with zero attached hydrogens (tertiary/aromatic N) is 2. The van der Waals surface area contributed by atoms with Crippen LogP contribution < -0.4 is 5.73 Å². The van der Waals surface area contributed by atoms with E-state index in [2.05, 4.69) is 4.98 Å². The molecule has 0 aliphatic carbocycles. The van der Waals surface area contributed by atoms with Gasteiger partial charge in [-0.3, -0.25) is 9.78 Å². The fourth-order valence-electron chi connectivity index (χ4n) is 2.23. The molecule has 6 heteroatoms. The van der Waals surface area contributed by atoms with Crippen LogP contribution in [0, 0.1) is 0 Å². The van der Waals surface area contributed by atoms with E-state index in [1.807, 2.05) is 0 Å². The maximum Gasteiger partial charge on any atom is 0.254 e. The van der Waals surface area contributed by atoms with E-state index in [4.69, 9.17) is 22.7 Å². The molecule has 2 heterocycles. The van der Waals surface area contributed by atoms with Crippen LogP contribution in [-0.4, -0.2) is 46.6 Å². The zero-order valence-corrected chi connectivity index (χ0v) is 12.1. The first-order valence-electron chi connectivity index (χ1n) is 6.76. The van der Waals surface area contributed by atoms with Gasteiger partial charge in [0.15, 0.2) is 0 Å². The van der Waals surface area contributed by atoms with Crippen molar-refractivity contribution >= 4 is 23.1 Å². The standard InChI is InChI=1S/C14H19N3O2S/c15-13(20)5-8-17(10-12-2-1-9-19-12)14(18)11-3-6-16-7-4-11/h3-4,6-7,12H,1-2,5,8-10H2,(H2,15,20). The highest BCUT2D eigenvalue weighted by Gasteiger charge is 2.23. The monoisotopic (exact) mass is 293 g/mol. The number of hydrogen-bond donors (Lipinski definition) is 1. The minimum atomic E-state index is -0.0286. The van der Waals surface area contributed by atoms with Crippen molar-refractivity contribution in [3.8, 4) is 0 Å².